The van der Waals surface area contributed by atoms with E-state index in [0.29, 0.717) is 28.5 Å². The number of hydrogen-bond acceptors (Lipinski definition) is 4. The topological polar surface area (TPSA) is 59.1 Å². The van der Waals surface area contributed by atoms with Gasteiger partial charge in [-0.15, -0.1) is 0 Å². The van der Waals surface area contributed by atoms with Gasteiger partial charge >= 0.3 is 0 Å². The van der Waals surface area contributed by atoms with Crippen molar-refractivity contribution >= 4 is 17.5 Å². The predicted molar refractivity (Wildman–Crippen MR) is 114 cm³/mol. The molecular formula is C24H22N2O4. The summed E-state index contributed by atoms with van der Waals surface area (Å²) in [6.07, 6.45) is -0.761. The molecule has 0 fully saturated rings. The van der Waals surface area contributed by atoms with Gasteiger partial charge in [0, 0.05) is 19.7 Å². The first kappa shape index (κ1) is 19.5. The van der Waals surface area contributed by atoms with E-state index < -0.39 is 6.10 Å². The molecule has 3 aromatic carbocycles. The van der Waals surface area contributed by atoms with Crippen molar-refractivity contribution in [3.63, 3.8) is 0 Å². The molecule has 152 valence electrons. The van der Waals surface area contributed by atoms with Gasteiger partial charge in [-0.25, -0.2) is 0 Å². The number of amides is 2. The summed E-state index contributed by atoms with van der Waals surface area (Å²) in [5.41, 5.74) is 1.11. The first-order valence-corrected chi connectivity index (χ1v) is 9.64. The van der Waals surface area contributed by atoms with Crippen molar-refractivity contribution in [3.05, 3.63) is 84.4 Å². The summed E-state index contributed by atoms with van der Waals surface area (Å²) in [7, 11) is 3.34. The Kier molecular flexibility index (Phi) is 5.39. The maximum atomic E-state index is 13.4. The lowest BCUT2D eigenvalue weighted by molar-refractivity contribution is -0.135. The van der Waals surface area contributed by atoms with Crippen LogP contribution >= 0.6 is 0 Å². The highest BCUT2D eigenvalue weighted by molar-refractivity contribution is 6.08. The fourth-order valence-corrected chi connectivity index (χ4v) is 3.32. The largest absolute Gasteiger partial charge is 0.476 e. The van der Waals surface area contributed by atoms with Crippen molar-refractivity contribution < 1.29 is 19.1 Å². The van der Waals surface area contributed by atoms with Crippen molar-refractivity contribution in [1.82, 2.24) is 4.90 Å². The van der Waals surface area contributed by atoms with Crippen molar-refractivity contribution in [2.45, 2.75) is 6.10 Å². The molecule has 0 spiro atoms. The van der Waals surface area contributed by atoms with Gasteiger partial charge in [0.05, 0.1) is 12.2 Å². The van der Waals surface area contributed by atoms with E-state index in [1.165, 1.54) is 4.90 Å². The van der Waals surface area contributed by atoms with Gasteiger partial charge in [-0.05, 0) is 42.5 Å². The lowest BCUT2D eigenvalue weighted by atomic mass is 10.1. The van der Waals surface area contributed by atoms with Crippen molar-refractivity contribution in [2.75, 3.05) is 25.5 Å². The minimum absolute atomic E-state index is 0.136. The van der Waals surface area contributed by atoms with Gasteiger partial charge < -0.3 is 19.3 Å². The van der Waals surface area contributed by atoms with Crippen LogP contribution in [0.15, 0.2) is 78.9 Å². The average Bonchev–Trinajstić information content (AvgIpc) is 2.78. The minimum Gasteiger partial charge on any atom is -0.476 e. The van der Waals surface area contributed by atoms with Gasteiger partial charge in [0.2, 0.25) is 0 Å². The maximum absolute atomic E-state index is 13.4. The van der Waals surface area contributed by atoms with E-state index in [9.17, 15) is 9.59 Å². The van der Waals surface area contributed by atoms with Crippen LogP contribution in [-0.2, 0) is 4.79 Å². The van der Waals surface area contributed by atoms with Crippen LogP contribution < -0.4 is 14.4 Å². The molecule has 0 bridgehead atoms. The van der Waals surface area contributed by atoms with Crippen LogP contribution in [-0.4, -0.2) is 43.5 Å². The van der Waals surface area contributed by atoms with Crippen LogP contribution in [0.1, 0.15) is 10.4 Å². The summed E-state index contributed by atoms with van der Waals surface area (Å²) in [5.74, 6) is 1.35. The fraction of sp³-hybridized carbons (Fsp3) is 0.167. The molecule has 0 saturated heterocycles. The Labute approximate surface area is 175 Å². The van der Waals surface area contributed by atoms with Gasteiger partial charge in [0.15, 0.2) is 6.10 Å². The summed E-state index contributed by atoms with van der Waals surface area (Å²) < 4.78 is 11.7. The summed E-state index contributed by atoms with van der Waals surface area (Å²) in [6, 6.07) is 23.6. The SMILES string of the molecule is CN(C)C(=O)C1CN(C(=O)c2cccc(Oc3ccccc3)c2)c2ccccc2O1. The Balaban J connectivity index is 1.63. The Morgan fingerprint density at radius 2 is 1.63 bits per heavy atom. The van der Waals surface area contributed by atoms with E-state index in [2.05, 4.69) is 0 Å². The van der Waals surface area contributed by atoms with Crippen LogP contribution in [0.2, 0.25) is 0 Å². The number of carbonyl (C=O) groups excluding carboxylic acids is 2. The highest BCUT2D eigenvalue weighted by atomic mass is 16.5. The second kappa shape index (κ2) is 8.29. The van der Waals surface area contributed by atoms with E-state index in [1.807, 2.05) is 48.5 Å². The molecule has 0 aromatic heterocycles. The monoisotopic (exact) mass is 402 g/mol. The number of anilines is 1. The molecule has 1 heterocycles. The standard InChI is InChI=1S/C24H22N2O4/c1-25(2)24(28)22-16-26(20-13-6-7-14-21(20)30-22)23(27)17-9-8-12-19(15-17)29-18-10-4-3-5-11-18/h3-15,22H,16H2,1-2H3. The van der Waals surface area contributed by atoms with E-state index in [-0.39, 0.29) is 18.4 Å². The molecule has 1 aliphatic heterocycles. The zero-order valence-corrected chi connectivity index (χ0v) is 16.8. The molecule has 6 heteroatoms. The maximum Gasteiger partial charge on any atom is 0.265 e. The molecule has 0 saturated carbocycles. The number of nitrogens with zero attached hydrogens (tertiary/aromatic N) is 2. The normalized spacial score (nSPS) is 15.0. The number of carbonyl (C=O) groups is 2. The molecule has 30 heavy (non-hydrogen) atoms. The molecule has 1 atom stereocenters. The van der Waals surface area contributed by atoms with Crippen molar-refractivity contribution in [1.29, 1.82) is 0 Å². The lowest BCUT2D eigenvalue weighted by Gasteiger charge is -2.35. The van der Waals surface area contributed by atoms with Gasteiger partial charge in [-0.2, -0.15) is 0 Å². The van der Waals surface area contributed by atoms with Crippen LogP contribution in [0.25, 0.3) is 0 Å². The van der Waals surface area contributed by atoms with Crippen LogP contribution in [0.5, 0.6) is 17.2 Å². The molecule has 2 amide bonds. The third kappa shape index (κ3) is 3.98. The highest BCUT2D eigenvalue weighted by Crippen LogP contribution is 2.35. The smallest absolute Gasteiger partial charge is 0.265 e. The third-order valence-electron chi connectivity index (χ3n) is 4.79. The summed E-state index contributed by atoms with van der Waals surface area (Å²) in [4.78, 5) is 29.0. The molecule has 0 aliphatic carbocycles. The second-order valence-electron chi connectivity index (χ2n) is 7.17. The number of ether oxygens (including phenoxy) is 2. The Hall–Kier alpha value is -3.80. The van der Waals surface area contributed by atoms with E-state index in [0.717, 1.165) is 0 Å². The molecule has 4 rings (SSSR count). The first-order valence-electron chi connectivity index (χ1n) is 9.64. The van der Waals surface area contributed by atoms with E-state index >= 15 is 0 Å². The number of likely N-dealkylation sites (N-methyl/N-ethyl adjacent to an activating group) is 1. The minimum atomic E-state index is -0.761. The molecule has 1 unspecified atom stereocenters. The summed E-state index contributed by atoms with van der Waals surface area (Å²) in [5, 5.41) is 0. The van der Waals surface area contributed by atoms with Crippen LogP contribution in [0.3, 0.4) is 0 Å². The number of hydrogen-bond donors (Lipinski definition) is 0. The molecule has 0 N–H and O–H groups in total. The predicted octanol–water partition coefficient (Wildman–Crippen LogP) is 3.97. The zero-order chi connectivity index (χ0) is 21.1. The number of para-hydroxylation sites is 3. The molecule has 3 aromatic rings. The average molecular weight is 402 g/mol. The zero-order valence-electron chi connectivity index (χ0n) is 16.8. The van der Waals surface area contributed by atoms with Crippen molar-refractivity contribution in [3.8, 4) is 17.2 Å². The van der Waals surface area contributed by atoms with Gasteiger partial charge in [0.25, 0.3) is 11.8 Å². The van der Waals surface area contributed by atoms with Crippen LogP contribution in [0.4, 0.5) is 5.69 Å². The van der Waals surface area contributed by atoms with Crippen LogP contribution in [0, 0.1) is 0 Å². The number of benzene rings is 3. The Morgan fingerprint density at radius 1 is 0.933 bits per heavy atom. The van der Waals surface area contributed by atoms with Gasteiger partial charge in [-0.1, -0.05) is 36.4 Å². The van der Waals surface area contributed by atoms with Crippen molar-refractivity contribution in [2.24, 2.45) is 0 Å². The first-order chi connectivity index (χ1) is 14.5. The fourth-order valence-electron chi connectivity index (χ4n) is 3.32. The Morgan fingerprint density at radius 3 is 2.40 bits per heavy atom. The van der Waals surface area contributed by atoms with E-state index in [4.69, 9.17) is 9.47 Å². The Bertz CT molecular complexity index is 1070. The molecular weight excluding hydrogens is 380 g/mol. The second-order valence-corrected chi connectivity index (χ2v) is 7.17. The number of fused-ring (bicyclic) bond motifs is 1. The third-order valence-corrected chi connectivity index (χ3v) is 4.79. The highest BCUT2D eigenvalue weighted by Gasteiger charge is 2.35. The summed E-state index contributed by atoms with van der Waals surface area (Å²) >= 11 is 0. The summed E-state index contributed by atoms with van der Waals surface area (Å²) in [6.45, 7) is 0.136. The number of rotatable bonds is 4. The van der Waals surface area contributed by atoms with Gasteiger partial charge in [0.1, 0.15) is 17.2 Å². The molecule has 1 aliphatic rings. The molecule has 0 radical (unpaired) electrons. The van der Waals surface area contributed by atoms with E-state index in [1.54, 1.807) is 49.3 Å². The molecule has 6 nitrogen and oxygen atoms in total. The quantitative estimate of drug-likeness (QED) is 0.663. The van der Waals surface area contributed by atoms with Gasteiger partial charge in [-0.3, -0.25) is 9.59 Å². The lowest BCUT2D eigenvalue weighted by Crippen LogP contribution is -2.50.